The quantitative estimate of drug-likeness (QED) is 0.669. The lowest BCUT2D eigenvalue weighted by atomic mass is 10.0. The van der Waals surface area contributed by atoms with Crippen LogP contribution in [-0.4, -0.2) is 36.2 Å². The van der Waals surface area contributed by atoms with Gasteiger partial charge in [0.25, 0.3) is 0 Å². The number of phenolic OH excluding ortho intramolecular Hbond substituents is 1. The molecule has 23 heavy (non-hydrogen) atoms. The number of hydrogen-bond acceptors (Lipinski definition) is 5. The fraction of sp³-hybridized carbons (Fsp3) is 0.294. The molecule has 3 rings (SSSR count). The summed E-state index contributed by atoms with van der Waals surface area (Å²) < 4.78 is 10.8. The van der Waals surface area contributed by atoms with E-state index in [9.17, 15) is 9.90 Å². The monoisotopic (exact) mass is 314 g/mol. The molecule has 1 amide bonds. The molecule has 0 aromatic heterocycles. The first kappa shape index (κ1) is 15.5. The second-order valence-electron chi connectivity index (χ2n) is 5.52. The third-order valence-electron chi connectivity index (χ3n) is 3.71. The van der Waals surface area contributed by atoms with Crippen LogP contribution in [0, 0.1) is 0 Å². The summed E-state index contributed by atoms with van der Waals surface area (Å²) in [4.78, 5) is 11.9. The van der Waals surface area contributed by atoms with E-state index < -0.39 is 5.79 Å². The van der Waals surface area contributed by atoms with Crippen molar-refractivity contribution in [2.24, 2.45) is 5.10 Å². The van der Waals surface area contributed by atoms with Crippen LogP contribution in [-0.2, 0) is 14.3 Å². The summed E-state index contributed by atoms with van der Waals surface area (Å²) in [7, 11) is 0. The smallest absolute Gasteiger partial charge is 0.245 e. The van der Waals surface area contributed by atoms with E-state index in [0.29, 0.717) is 18.8 Å². The fourth-order valence-electron chi connectivity index (χ4n) is 2.58. The molecule has 0 unspecified atom stereocenters. The normalized spacial score (nSPS) is 16.9. The molecular weight excluding hydrogens is 296 g/mol. The summed E-state index contributed by atoms with van der Waals surface area (Å²) in [6.45, 7) is 2.69. The molecule has 2 aromatic rings. The van der Waals surface area contributed by atoms with E-state index in [1.807, 2.05) is 30.3 Å². The maximum atomic E-state index is 11.9. The van der Waals surface area contributed by atoms with Crippen LogP contribution in [0.1, 0.15) is 18.9 Å². The number of aromatic hydroxyl groups is 1. The van der Waals surface area contributed by atoms with Gasteiger partial charge in [0.1, 0.15) is 5.75 Å². The Balaban J connectivity index is 1.71. The van der Waals surface area contributed by atoms with Gasteiger partial charge in [0.2, 0.25) is 5.91 Å². The van der Waals surface area contributed by atoms with E-state index in [0.717, 1.165) is 10.8 Å². The van der Waals surface area contributed by atoms with Crippen molar-refractivity contribution < 1.29 is 19.4 Å². The molecule has 1 aliphatic rings. The number of phenols is 1. The van der Waals surface area contributed by atoms with Gasteiger partial charge in [-0.05, 0) is 23.8 Å². The van der Waals surface area contributed by atoms with Crippen molar-refractivity contribution in [2.45, 2.75) is 19.1 Å². The van der Waals surface area contributed by atoms with Crippen molar-refractivity contribution in [3.05, 3.63) is 42.0 Å². The Kier molecular flexibility index (Phi) is 4.27. The fourth-order valence-corrected chi connectivity index (χ4v) is 2.58. The number of benzene rings is 2. The van der Waals surface area contributed by atoms with Gasteiger partial charge in [-0.25, -0.2) is 5.43 Å². The van der Waals surface area contributed by atoms with E-state index in [1.54, 1.807) is 13.0 Å². The highest BCUT2D eigenvalue weighted by atomic mass is 16.7. The van der Waals surface area contributed by atoms with E-state index in [1.165, 1.54) is 6.21 Å². The van der Waals surface area contributed by atoms with Crippen LogP contribution < -0.4 is 5.43 Å². The Morgan fingerprint density at radius 2 is 2.04 bits per heavy atom. The van der Waals surface area contributed by atoms with Gasteiger partial charge in [0.05, 0.1) is 25.8 Å². The molecule has 2 aromatic carbocycles. The Labute approximate surface area is 133 Å². The number of carbonyl (C=O) groups is 1. The van der Waals surface area contributed by atoms with Crippen LogP contribution in [0.5, 0.6) is 5.75 Å². The van der Waals surface area contributed by atoms with Crippen LogP contribution in [0.4, 0.5) is 0 Å². The first-order valence-corrected chi connectivity index (χ1v) is 7.38. The molecule has 2 N–H and O–H groups in total. The Bertz CT molecular complexity index is 751. The minimum atomic E-state index is -0.888. The van der Waals surface area contributed by atoms with E-state index in [-0.39, 0.29) is 18.1 Å². The summed E-state index contributed by atoms with van der Waals surface area (Å²) in [6.07, 6.45) is 1.50. The highest BCUT2D eigenvalue weighted by Gasteiger charge is 2.33. The van der Waals surface area contributed by atoms with Crippen LogP contribution in [0.15, 0.2) is 41.5 Å². The third-order valence-corrected chi connectivity index (χ3v) is 3.71. The first-order chi connectivity index (χ1) is 11.1. The van der Waals surface area contributed by atoms with Crippen molar-refractivity contribution >= 4 is 22.9 Å². The Morgan fingerprint density at radius 1 is 1.30 bits per heavy atom. The number of carbonyl (C=O) groups excluding carboxylic acids is 1. The minimum absolute atomic E-state index is 0.0614. The zero-order valence-corrected chi connectivity index (χ0v) is 12.8. The number of rotatable bonds is 4. The lowest BCUT2D eigenvalue weighted by Crippen LogP contribution is -2.33. The molecular formula is C17H18N2O4. The van der Waals surface area contributed by atoms with E-state index >= 15 is 0 Å². The Morgan fingerprint density at radius 3 is 2.83 bits per heavy atom. The van der Waals surface area contributed by atoms with Gasteiger partial charge in [-0.2, -0.15) is 5.10 Å². The SMILES string of the molecule is CC1(CC(=O)N/N=C\c2c(O)ccc3ccccc23)OCCO1. The average Bonchev–Trinajstić information content (AvgIpc) is 2.95. The number of amides is 1. The summed E-state index contributed by atoms with van der Waals surface area (Å²) in [5.74, 6) is -1.09. The standard InChI is InChI=1S/C17H18N2O4/c1-17(22-8-9-23-17)10-16(21)19-18-11-14-13-5-3-2-4-12(13)6-7-15(14)20/h2-7,11,20H,8-10H2,1H3,(H,19,21)/b18-11-. The summed E-state index contributed by atoms with van der Waals surface area (Å²) in [5.41, 5.74) is 2.99. The summed E-state index contributed by atoms with van der Waals surface area (Å²) >= 11 is 0. The van der Waals surface area contributed by atoms with Gasteiger partial charge in [0.15, 0.2) is 5.79 Å². The number of nitrogens with one attached hydrogen (secondary N) is 1. The van der Waals surface area contributed by atoms with Crippen LogP contribution in [0.25, 0.3) is 10.8 Å². The van der Waals surface area contributed by atoms with Crippen molar-refractivity contribution in [2.75, 3.05) is 13.2 Å². The molecule has 0 radical (unpaired) electrons. The second-order valence-corrected chi connectivity index (χ2v) is 5.52. The van der Waals surface area contributed by atoms with Gasteiger partial charge in [-0.3, -0.25) is 4.79 Å². The number of hydrazone groups is 1. The highest BCUT2D eigenvalue weighted by molar-refractivity contribution is 6.02. The summed E-state index contributed by atoms with van der Waals surface area (Å²) in [6, 6.07) is 11.1. The van der Waals surface area contributed by atoms with Crippen LogP contribution >= 0.6 is 0 Å². The molecule has 1 fully saturated rings. The molecule has 0 saturated carbocycles. The zero-order chi connectivity index (χ0) is 16.3. The van der Waals surface area contributed by atoms with Crippen LogP contribution in [0.3, 0.4) is 0 Å². The van der Waals surface area contributed by atoms with Crippen molar-refractivity contribution in [1.82, 2.24) is 5.43 Å². The molecule has 1 saturated heterocycles. The lowest BCUT2D eigenvalue weighted by Gasteiger charge is -2.20. The largest absolute Gasteiger partial charge is 0.507 e. The maximum absolute atomic E-state index is 11.9. The molecule has 1 heterocycles. The minimum Gasteiger partial charge on any atom is -0.507 e. The Hall–Kier alpha value is -2.44. The number of nitrogens with zero attached hydrogens (tertiary/aromatic N) is 1. The predicted octanol–water partition coefficient (Wildman–Crippen LogP) is 2.15. The van der Waals surface area contributed by atoms with Gasteiger partial charge in [0, 0.05) is 5.56 Å². The second kappa shape index (κ2) is 6.36. The molecule has 120 valence electrons. The van der Waals surface area contributed by atoms with Gasteiger partial charge < -0.3 is 14.6 Å². The van der Waals surface area contributed by atoms with Crippen molar-refractivity contribution in [3.63, 3.8) is 0 Å². The van der Waals surface area contributed by atoms with E-state index in [2.05, 4.69) is 10.5 Å². The number of fused-ring (bicyclic) bond motifs is 1. The van der Waals surface area contributed by atoms with Gasteiger partial charge >= 0.3 is 0 Å². The number of hydrogen-bond donors (Lipinski definition) is 2. The lowest BCUT2D eigenvalue weighted by molar-refractivity contribution is -0.159. The first-order valence-electron chi connectivity index (χ1n) is 7.38. The maximum Gasteiger partial charge on any atom is 0.245 e. The molecule has 0 spiro atoms. The zero-order valence-electron chi connectivity index (χ0n) is 12.8. The van der Waals surface area contributed by atoms with E-state index in [4.69, 9.17) is 9.47 Å². The molecule has 1 aliphatic heterocycles. The van der Waals surface area contributed by atoms with Gasteiger partial charge in [-0.1, -0.05) is 30.3 Å². The van der Waals surface area contributed by atoms with Crippen LogP contribution in [0.2, 0.25) is 0 Å². The molecule has 6 heteroatoms. The topological polar surface area (TPSA) is 80.2 Å². The van der Waals surface area contributed by atoms with Gasteiger partial charge in [-0.15, -0.1) is 0 Å². The third kappa shape index (κ3) is 3.49. The molecule has 0 aliphatic carbocycles. The highest BCUT2D eigenvalue weighted by Crippen LogP contribution is 2.25. The van der Waals surface area contributed by atoms with Crippen molar-refractivity contribution in [1.29, 1.82) is 0 Å². The number of ether oxygens (including phenoxy) is 2. The summed E-state index contributed by atoms with van der Waals surface area (Å²) in [5, 5.41) is 15.8. The molecule has 6 nitrogen and oxygen atoms in total. The molecule has 0 bridgehead atoms. The van der Waals surface area contributed by atoms with Crippen molar-refractivity contribution in [3.8, 4) is 5.75 Å². The predicted molar refractivity (Wildman–Crippen MR) is 86.3 cm³/mol. The average molecular weight is 314 g/mol. The molecule has 0 atom stereocenters.